The van der Waals surface area contributed by atoms with Crippen molar-refractivity contribution in [3.63, 3.8) is 0 Å². The number of carbonyl (C=O) groups excluding carboxylic acids is 1. The normalized spacial score (nSPS) is 12.5. The standard InChI is InChI=1S/C17H28N2O/c1-13(2)9-16(11-18)10-17(20)19(4)12-15-7-5-14(3)6-8-15/h5-8,13,16H,9-12,18H2,1-4H3. The molecular formula is C17H28N2O. The quantitative estimate of drug-likeness (QED) is 0.832. The predicted molar refractivity (Wildman–Crippen MR) is 84.3 cm³/mol. The van der Waals surface area contributed by atoms with Crippen LogP contribution in [0.25, 0.3) is 0 Å². The summed E-state index contributed by atoms with van der Waals surface area (Å²) < 4.78 is 0. The van der Waals surface area contributed by atoms with Gasteiger partial charge in [-0.25, -0.2) is 0 Å². The molecule has 0 aliphatic rings. The lowest BCUT2D eigenvalue weighted by Gasteiger charge is -2.22. The summed E-state index contributed by atoms with van der Waals surface area (Å²) in [5.41, 5.74) is 8.17. The summed E-state index contributed by atoms with van der Waals surface area (Å²) in [6, 6.07) is 8.31. The van der Waals surface area contributed by atoms with Crippen LogP contribution in [0.2, 0.25) is 0 Å². The molecule has 0 heterocycles. The fraction of sp³-hybridized carbons (Fsp3) is 0.588. The van der Waals surface area contributed by atoms with Crippen molar-refractivity contribution in [1.29, 1.82) is 0 Å². The summed E-state index contributed by atoms with van der Waals surface area (Å²) in [6.45, 7) is 7.66. The lowest BCUT2D eigenvalue weighted by molar-refractivity contribution is -0.131. The second kappa shape index (κ2) is 8.05. The first-order valence-corrected chi connectivity index (χ1v) is 7.42. The van der Waals surface area contributed by atoms with Gasteiger partial charge in [-0.05, 0) is 37.3 Å². The Kier molecular flexibility index (Phi) is 6.73. The Morgan fingerprint density at radius 2 is 1.85 bits per heavy atom. The van der Waals surface area contributed by atoms with Crippen LogP contribution in [-0.4, -0.2) is 24.4 Å². The van der Waals surface area contributed by atoms with Crippen molar-refractivity contribution in [3.8, 4) is 0 Å². The van der Waals surface area contributed by atoms with Gasteiger partial charge in [0.25, 0.3) is 0 Å². The number of nitrogens with zero attached hydrogens (tertiary/aromatic N) is 1. The third kappa shape index (κ3) is 5.74. The van der Waals surface area contributed by atoms with E-state index in [-0.39, 0.29) is 5.91 Å². The molecule has 0 aliphatic heterocycles. The molecule has 3 heteroatoms. The van der Waals surface area contributed by atoms with Crippen LogP contribution >= 0.6 is 0 Å². The van der Waals surface area contributed by atoms with Crippen molar-refractivity contribution >= 4 is 5.91 Å². The summed E-state index contributed by atoms with van der Waals surface area (Å²) >= 11 is 0. The van der Waals surface area contributed by atoms with Crippen molar-refractivity contribution in [2.75, 3.05) is 13.6 Å². The molecule has 1 unspecified atom stereocenters. The van der Waals surface area contributed by atoms with Gasteiger partial charge >= 0.3 is 0 Å². The van der Waals surface area contributed by atoms with Gasteiger partial charge in [-0.15, -0.1) is 0 Å². The Morgan fingerprint density at radius 1 is 1.25 bits per heavy atom. The molecule has 1 atom stereocenters. The molecule has 3 nitrogen and oxygen atoms in total. The van der Waals surface area contributed by atoms with Crippen molar-refractivity contribution in [1.82, 2.24) is 4.90 Å². The molecule has 2 N–H and O–H groups in total. The number of benzene rings is 1. The average Bonchev–Trinajstić information content (AvgIpc) is 2.39. The van der Waals surface area contributed by atoms with Gasteiger partial charge in [-0.3, -0.25) is 4.79 Å². The number of nitrogens with two attached hydrogens (primary N) is 1. The van der Waals surface area contributed by atoms with Gasteiger partial charge in [-0.1, -0.05) is 43.7 Å². The third-order valence-electron chi connectivity index (χ3n) is 3.57. The maximum atomic E-state index is 12.2. The largest absolute Gasteiger partial charge is 0.341 e. The van der Waals surface area contributed by atoms with Crippen molar-refractivity contribution < 1.29 is 4.79 Å². The number of aryl methyl sites for hydroxylation is 1. The van der Waals surface area contributed by atoms with Crippen LogP contribution in [0, 0.1) is 18.8 Å². The summed E-state index contributed by atoms with van der Waals surface area (Å²) in [5, 5.41) is 0. The van der Waals surface area contributed by atoms with Crippen LogP contribution in [-0.2, 0) is 11.3 Å². The molecule has 0 fully saturated rings. The van der Waals surface area contributed by atoms with Crippen LogP contribution in [0.15, 0.2) is 24.3 Å². The highest BCUT2D eigenvalue weighted by atomic mass is 16.2. The number of rotatable bonds is 7. The lowest BCUT2D eigenvalue weighted by Crippen LogP contribution is -2.30. The summed E-state index contributed by atoms with van der Waals surface area (Å²) in [5.74, 6) is 1.06. The maximum absolute atomic E-state index is 12.2. The summed E-state index contributed by atoms with van der Waals surface area (Å²) in [4.78, 5) is 14.0. The van der Waals surface area contributed by atoms with E-state index in [4.69, 9.17) is 5.73 Å². The van der Waals surface area contributed by atoms with Gasteiger partial charge in [0.2, 0.25) is 5.91 Å². The van der Waals surface area contributed by atoms with Crippen LogP contribution in [0.3, 0.4) is 0 Å². The molecule has 0 aromatic heterocycles. The van der Waals surface area contributed by atoms with Crippen LogP contribution in [0.5, 0.6) is 0 Å². The van der Waals surface area contributed by atoms with E-state index in [2.05, 4.69) is 45.0 Å². The summed E-state index contributed by atoms with van der Waals surface area (Å²) in [7, 11) is 1.87. The Balaban J connectivity index is 2.51. The molecule has 20 heavy (non-hydrogen) atoms. The third-order valence-corrected chi connectivity index (χ3v) is 3.57. The Morgan fingerprint density at radius 3 is 2.35 bits per heavy atom. The predicted octanol–water partition coefficient (Wildman–Crippen LogP) is 2.96. The van der Waals surface area contributed by atoms with Gasteiger partial charge in [0.1, 0.15) is 0 Å². The van der Waals surface area contributed by atoms with Gasteiger partial charge in [0.05, 0.1) is 0 Å². The molecular weight excluding hydrogens is 248 g/mol. The highest BCUT2D eigenvalue weighted by Gasteiger charge is 2.17. The van der Waals surface area contributed by atoms with Gasteiger partial charge in [0, 0.05) is 20.0 Å². The molecule has 0 saturated carbocycles. The zero-order valence-electron chi connectivity index (χ0n) is 13.2. The first kappa shape index (κ1) is 16.7. The Labute approximate surface area is 123 Å². The van der Waals surface area contributed by atoms with Crippen molar-refractivity contribution in [3.05, 3.63) is 35.4 Å². The van der Waals surface area contributed by atoms with E-state index in [1.165, 1.54) is 11.1 Å². The fourth-order valence-corrected chi connectivity index (χ4v) is 2.39. The molecule has 0 radical (unpaired) electrons. The van der Waals surface area contributed by atoms with E-state index in [1.54, 1.807) is 4.90 Å². The van der Waals surface area contributed by atoms with Crippen LogP contribution in [0.4, 0.5) is 0 Å². The highest BCUT2D eigenvalue weighted by molar-refractivity contribution is 5.76. The maximum Gasteiger partial charge on any atom is 0.222 e. The molecule has 112 valence electrons. The first-order chi connectivity index (χ1) is 9.42. The SMILES string of the molecule is Cc1ccc(CN(C)C(=O)CC(CN)CC(C)C)cc1. The van der Waals surface area contributed by atoms with Crippen molar-refractivity contribution in [2.24, 2.45) is 17.6 Å². The van der Waals surface area contributed by atoms with E-state index in [0.717, 1.165) is 6.42 Å². The molecule has 1 aromatic carbocycles. The van der Waals surface area contributed by atoms with E-state index in [0.29, 0.717) is 31.3 Å². The second-order valence-electron chi connectivity index (χ2n) is 6.17. The highest BCUT2D eigenvalue weighted by Crippen LogP contribution is 2.16. The van der Waals surface area contributed by atoms with Gasteiger partial charge in [-0.2, -0.15) is 0 Å². The van der Waals surface area contributed by atoms with E-state index >= 15 is 0 Å². The lowest BCUT2D eigenvalue weighted by atomic mass is 9.94. The van der Waals surface area contributed by atoms with Crippen LogP contribution < -0.4 is 5.73 Å². The zero-order valence-corrected chi connectivity index (χ0v) is 13.2. The minimum absolute atomic E-state index is 0.182. The average molecular weight is 276 g/mol. The number of hydrogen-bond donors (Lipinski definition) is 1. The second-order valence-corrected chi connectivity index (χ2v) is 6.17. The first-order valence-electron chi connectivity index (χ1n) is 7.42. The van der Waals surface area contributed by atoms with Gasteiger partial charge in [0.15, 0.2) is 0 Å². The van der Waals surface area contributed by atoms with Crippen molar-refractivity contribution in [2.45, 2.75) is 40.2 Å². The minimum atomic E-state index is 0.182. The van der Waals surface area contributed by atoms with E-state index < -0.39 is 0 Å². The monoisotopic (exact) mass is 276 g/mol. The minimum Gasteiger partial charge on any atom is -0.341 e. The van der Waals surface area contributed by atoms with Gasteiger partial charge < -0.3 is 10.6 Å². The molecule has 1 aromatic rings. The smallest absolute Gasteiger partial charge is 0.222 e. The Hall–Kier alpha value is -1.35. The summed E-state index contributed by atoms with van der Waals surface area (Å²) in [6.07, 6.45) is 1.57. The molecule has 0 spiro atoms. The number of amides is 1. The van der Waals surface area contributed by atoms with E-state index in [1.807, 2.05) is 7.05 Å². The molecule has 0 bridgehead atoms. The number of hydrogen-bond acceptors (Lipinski definition) is 2. The van der Waals surface area contributed by atoms with E-state index in [9.17, 15) is 4.79 Å². The molecule has 1 amide bonds. The Bertz CT molecular complexity index is 412. The molecule has 1 rings (SSSR count). The molecule has 0 aliphatic carbocycles. The zero-order chi connectivity index (χ0) is 15.1. The number of carbonyl (C=O) groups is 1. The fourth-order valence-electron chi connectivity index (χ4n) is 2.39. The molecule has 0 saturated heterocycles. The topological polar surface area (TPSA) is 46.3 Å². The van der Waals surface area contributed by atoms with Crippen LogP contribution in [0.1, 0.15) is 37.8 Å².